The van der Waals surface area contributed by atoms with Crippen molar-refractivity contribution in [3.05, 3.63) is 20.9 Å². The molecule has 0 aromatic rings. The van der Waals surface area contributed by atoms with Gasteiger partial charge in [0.15, 0.2) is 11.6 Å². The third-order valence-corrected chi connectivity index (χ3v) is 5.82. The zero-order valence-electron chi connectivity index (χ0n) is 9.55. The number of halogens is 2. The first-order valence-electron chi connectivity index (χ1n) is 5.22. The van der Waals surface area contributed by atoms with E-state index in [-0.39, 0.29) is 21.8 Å². The van der Waals surface area contributed by atoms with E-state index in [1.54, 1.807) is 12.2 Å². The van der Waals surface area contributed by atoms with Gasteiger partial charge in [-0.25, -0.2) is 0 Å². The first-order chi connectivity index (χ1) is 7.82. The molecule has 5 heteroatoms. The molecule has 0 N–H and O–H groups in total. The van der Waals surface area contributed by atoms with Gasteiger partial charge in [0.1, 0.15) is 0 Å². The molecule has 0 aromatic carbocycles. The van der Waals surface area contributed by atoms with Gasteiger partial charge in [-0.15, -0.1) is 0 Å². The lowest BCUT2D eigenvalue weighted by Crippen LogP contribution is -2.38. The maximum absolute atomic E-state index is 12.1. The van der Waals surface area contributed by atoms with Crippen LogP contribution in [0.5, 0.6) is 0 Å². The number of carbonyl (C=O) groups excluding carboxylic acids is 2. The molecule has 2 nitrogen and oxygen atoms in total. The zero-order chi connectivity index (χ0) is 12.8. The monoisotopic (exact) mass is 290 g/mol. The summed E-state index contributed by atoms with van der Waals surface area (Å²) >= 11 is 12.0. The van der Waals surface area contributed by atoms with Crippen LogP contribution < -0.4 is 0 Å². The highest BCUT2D eigenvalue weighted by atomic mass is 35.5. The summed E-state index contributed by atoms with van der Waals surface area (Å²) in [7, 11) is -0.826. The van der Waals surface area contributed by atoms with Crippen LogP contribution in [0.2, 0.25) is 0 Å². The summed E-state index contributed by atoms with van der Waals surface area (Å²) in [4.78, 5) is 24.4. The molecule has 1 heterocycles. The lowest BCUT2D eigenvalue weighted by molar-refractivity contribution is -0.122. The van der Waals surface area contributed by atoms with Gasteiger partial charge < -0.3 is 0 Å². The van der Waals surface area contributed by atoms with Gasteiger partial charge in [0, 0.05) is 12.8 Å². The molecule has 0 atom stereocenters. The predicted octanol–water partition coefficient (Wildman–Crippen LogP) is 3.56. The van der Waals surface area contributed by atoms with Gasteiger partial charge in [-0.05, 0) is 17.6 Å². The summed E-state index contributed by atoms with van der Waals surface area (Å²) in [6, 6.07) is 0. The van der Waals surface area contributed by atoms with E-state index in [0.717, 1.165) is 0 Å². The Morgan fingerprint density at radius 2 is 1.47 bits per heavy atom. The Kier molecular flexibility index (Phi) is 3.36. The largest absolute Gasteiger partial charge is 0.293 e. The number of ketones is 2. The molecule has 1 aliphatic carbocycles. The van der Waals surface area contributed by atoms with E-state index in [2.05, 4.69) is 0 Å². The summed E-state index contributed by atoms with van der Waals surface area (Å²) in [5.41, 5.74) is -0.257. The van der Waals surface area contributed by atoms with Gasteiger partial charge in [-0.3, -0.25) is 9.59 Å². The minimum Gasteiger partial charge on any atom is -0.293 e. The number of hydrogen-bond donors (Lipinski definition) is 0. The topological polar surface area (TPSA) is 34.1 Å². The molecule has 17 heavy (non-hydrogen) atoms. The highest BCUT2D eigenvalue weighted by molar-refractivity contribution is 8.26. The predicted molar refractivity (Wildman–Crippen MR) is 73.5 cm³/mol. The normalized spacial score (nSPS) is 25.1. The van der Waals surface area contributed by atoms with Gasteiger partial charge in [0.05, 0.1) is 13.6 Å². The fourth-order valence-electron chi connectivity index (χ4n) is 2.03. The molecular formula is C12H12Cl2O2S. The molecule has 1 fully saturated rings. The smallest absolute Gasteiger partial charge is 0.173 e. The van der Waals surface area contributed by atoms with E-state index in [9.17, 15) is 9.59 Å². The molecule has 0 amide bonds. The van der Waals surface area contributed by atoms with E-state index in [1.165, 1.54) is 0 Å². The second-order valence-corrected chi connectivity index (χ2v) is 8.10. The number of rotatable bonds is 0. The summed E-state index contributed by atoms with van der Waals surface area (Å²) in [6.07, 6.45) is 4.07. The van der Waals surface area contributed by atoms with E-state index >= 15 is 0 Å². The van der Waals surface area contributed by atoms with E-state index in [1.807, 2.05) is 13.8 Å². The van der Waals surface area contributed by atoms with Gasteiger partial charge in [0.2, 0.25) is 0 Å². The molecule has 2 aliphatic rings. The average Bonchev–Trinajstić information content (AvgIpc) is 2.46. The first-order valence-corrected chi connectivity index (χ1v) is 7.20. The van der Waals surface area contributed by atoms with Crippen LogP contribution in [0.1, 0.15) is 26.7 Å². The first kappa shape index (κ1) is 13.1. The molecule has 1 saturated carbocycles. The molecule has 2 rings (SSSR count). The molecule has 0 spiro atoms. The Labute approximate surface area is 113 Å². The van der Waals surface area contributed by atoms with Crippen molar-refractivity contribution in [2.45, 2.75) is 26.7 Å². The van der Waals surface area contributed by atoms with Crippen molar-refractivity contribution >= 4 is 50.1 Å². The number of carbonyl (C=O) groups is 2. The van der Waals surface area contributed by atoms with Crippen molar-refractivity contribution in [1.29, 1.82) is 0 Å². The Balaban J connectivity index is 2.51. The second-order valence-electron chi connectivity index (χ2n) is 4.94. The molecule has 0 bridgehead atoms. The van der Waals surface area contributed by atoms with Crippen LogP contribution in [0, 0.1) is 5.41 Å². The van der Waals surface area contributed by atoms with Crippen molar-refractivity contribution < 1.29 is 9.59 Å². The average molecular weight is 291 g/mol. The molecule has 0 saturated heterocycles. The van der Waals surface area contributed by atoms with Crippen LogP contribution in [-0.4, -0.2) is 16.4 Å². The van der Waals surface area contributed by atoms with Crippen LogP contribution >= 0.6 is 33.7 Å². The zero-order valence-corrected chi connectivity index (χ0v) is 11.9. The van der Waals surface area contributed by atoms with Gasteiger partial charge in [-0.1, -0.05) is 47.5 Å². The summed E-state index contributed by atoms with van der Waals surface area (Å²) in [5.74, 6) is -0.232. The van der Waals surface area contributed by atoms with Crippen molar-refractivity contribution in [2.75, 3.05) is 0 Å². The Hall–Kier alpha value is -0.380. The Morgan fingerprint density at radius 3 is 1.88 bits per heavy atom. The quantitative estimate of drug-likeness (QED) is 0.639. The van der Waals surface area contributed by atoms with Crippen LogP contribution in [0.25, 0.3) is 0 Å². The second kappa shape index (κ2) is 4.38. The number of Topliss-reactive ketones (excluding diaryl/α,β-unsaturated/α-hetero) is 2. The molecular weight excluding hydrogens is 279 g/mol. The highest BCUT2D eigenvalue weighted by Crippen LogP contribution is 2.47. The summed E-state index contributed by atoms with van der Waals surface area (Å²) < 4.78 is 0.956. The minimum atomic E-state index is -0.826. The van der Waals surface area contributed by atoms with Crippen LogP contribution in [0.3, 0.4) is 0 Å². The van der Waals surface area contributed by atoms with Crippen molar-refractivity contribution in [1.82, 2.24) is 0 Å². The SMILES string of the molecule is CC1(C)CC(=O)C(=S2C(Cl)=CC=C2Cl)C(=O)C1. The van der Waals surface area contributed by atoms with E-state index in [0.29, 0.717) is 21.6 Å². The molecule has 0 aromatic heterocycles. The lowest BCUT2D eigenvalue weighted by Gasteiger charge is -2.29. The fraction of sp³-hybridized carbons (Fsp3) is 0.417. The molecule has 92 valence electrons. The Bertz CT molecular complexity index is 471. The van der Waals surface area contributed by atoms with Crippen molar-refractivity contribution in [2.24, 2.45) is 5.41 Å². The van der Waals surface area contributed by atoms with Gasteiger partial charge in [-0.2, -0.15) is 0 Å². The summed E-state index contributed by atoms with van der Waals surface area (Å²) in [5, 5.41) is 0. The lowest BCUT2D eigenvalue weighted by atomic mass is 9.76. The van der Waals surface area contributed by atoms with Gasteiger partial charge >= 0.3 is 0 Å². The molecule has 1 aliphatic heterocycles. The fourth-order valence-corrected chi connectivity index (χ4v) is 4.82. The number of hydrogen-bond acceptors (Lipinski definition) is 2. The van der Waals surface area contributed by atoms with Crippen LogP contribution in [0.4, 0.5) is 0 Å². The number of allylic oxidation sites excluding steroid dienone is 2. The maximum atomic E-state index is 12.1. The van der Waals surface area contributed by atoms with Gasteiger partial charge in [0.25, 0.3) is 0 Å². The third-order valence-electron chi connectivity index (χ3n) is 2.72. The maximum Gasteiger partial charge on any atom is 0.173 e. The van der Waals surface area contributed by atoms with Crippen LogP contribution in [-0.2, 0) is 9.59 Å². The van der Waals surface area contributed by atoms with Crippen LogP contribution in [0.15, 0.2) is 20.9 Å². The summed E-state index contributed by atoms with van der Waals surface area (Å²) in [6.45, 7) is 3.85. The highest BCUT2D eigenvalue weighted by Gasteiger charge is 2.38. The van der Waals surface area contributed by atoms with E-state index < -0.39 is 10.5 Å². The molecule has 0 radical (unpaired) electrons. The van der Waals surface area contributed by atoms with E-state index in [4.69, 9.17) is 23.2 Å². The van der Waals surface area contributed by atoms with Crippen molar-refractivity contribution in [3.8, 4) is 0 Å². The molecule has 0 unspecified atom stereocenters. The Morgan fingerprint density at radius 1 is 1.06 bits per heavy atom. The third kappa shape index (κ3) is 2.42. The minimum absolute atomic E-state index is 0.116. The standard InChI is InChI=1S/C12H12Cl2O2S/c1-12(2)5-7(15)11(8(16)6-12)17-9(13)3-4-10(17)14/h3-4H,5-6H2,1-2H3. The van der Waals surface area contributed by atoms with Crippen molar-refractivity contribution in [3.63, 3.8) is 0 Å².